The first-order valence-corrected chi connectivity index (χ1v) is 6.78. The molecule has 1 aromatic carbocycles. The van der Waals surface area contributed by atoms with Crippen molar-refractivity contribution in [2.24, 2.45) is 0 Å². The van der Waals surface area contributed by atoms with Gasteiger partial charge in [-0.1, -0.05) is 6.07 Å². The third kappa shape index (κ3) is 2.06. The molecule has 1 fully saturated rings. The topological polar surface area (TPSA) is 21.3 Å². The molecule has 3 rings (SSSR count). The second-order valence-electron chi connectivity index (χ2n) is 5.27. The monoisotopic (exact) mass is 231 g/mol. The third-order valence-corrected chi connectivity index (χ3v) is 4.30. The van der Waals surface area contributed by atoms with Crippen LogP contribution in [0.5, 0.6) is 5.75 Å². The predicted molar refractivity (Wildman–Crippen MR) is 69.7 cm³/mol. The Morgan fingerprint density at radius 3 is 2.94 bits per heavy atom. The maximum absolute atomic E-state index is 5.37. The molecule has 1 saturated heterocycles. The Morgan fingerprint density at radius 1 is 1.24 bits per heavy atom. The lowest BCUT2D eigenvalue weighted by Gasteiger charge is -2.30. The van der Waals surface area contributed by atoms with Crippen LogP contribution in [0.25, 0.3) is 0 Å². The molecule has 0 spiro atoms. The highest BCUT2D eigenvalue weighted by Gasteiger charge is 2.29. The summed E-state index contributed by atoms with van der Waals surface area (Å²) in [6, 6.07) is 7.32. The Labute approximate surface area is 103 Å². The molecule has 2 heteroatoms. The van der Waals surface area contributed by atoms with Crippen LogP contribution in [0, 0.1) is 0 Å². The lowest BCUT2D eigenvalue weighted by atomic mass is 9.78. The van der Waals surface area contributed by atoms with Crippen molar-refractivity contribution in [2.45, 2.75) is 44.1 Å². The molecule has 1 heterocycles. The van der Waals surface area contributed by atoms with Gasteiger partial charge in [0.2, 0.25) is 0 Å². The van der Waals surface area contributed by atoms with Gasteiger partial charge in [0.15, 0.2) is 0 Å². The van der Waals surface area contributed by atoms with Crippen LogP contribution < -0.4 is 10.1 Å². The van der Waals surface area contributed by atoms with Crippen molar-refractivity contribution in [2.75, 3.05) is 13.7 Å². The van der Waals surface area contributed by atoms with Crippen LogP contribution in [0.4, 0.5) is 0 Å². The van der Waals surface area contributed by atoms with Crippen LogP contribution in [0.2, 0.25) is 0 Å². The van der Waals surface area contributed by atoms with Crippen LogP contribution >= 0.6 is 0 Å². The molecule has 17 heavy (non-hydrogen) atoms. The van der Waals surface area contributed by atoms with Crippen molar-refractivity contribution in [1.82, 2.24) is 5.32 Å². The van der Waals surface area contributed by atoms with Crippen LogP contribution in [0.1, 0.15) is 42.7 Å². The number of ether oxygens (including phenoxy) is 1. The van der Waals surface area contributed by atoms with Crippen molar-refractivity contribution in [1.29, 1.82) is 0 Å². The number of rotatable bonds is 2. The Kier molecular flexibility index (Phi) is 3.06. The van der Waals surface area contributed by atoms with E-state index in [4.69, 9.17) is 4.74 Å². The summed E-state index contributed by atoms with van der Waals surface area (Å²) in [4.78, 5) is 0. The lowest BCUT2D eigenvalue weighted by Crippen LogP contribution is -2.31. The first-order chi connectivity index (χ1) is 8.38. The number of aryl methyl sites for hydroxylation is 1. The second kappa shape index (κ2) is 4.69. The van der Waals surface area contributed by atoms with E-state index in [9.17, 15) is 0 Å². The quantitative estimate of drug-likeness (QED) is 0.845. The summed E-state index contributed by atoms with van der Waals surface area (Å²) in [5.41, 5.74) is 3.07. The van der Waals surface area contributed by atoms with Gasteiger partial charge >= 0.3 is 0 Å². The van der Waals surface area contributed by atoms with Gasteiger partial charge in [0, 0.05) is 6.04 Å². The predicted octanol–water partition coefficient (Wildman–Crippen LogP) is 2.87. The summed E-state index contributed by atoms with van der Waals surface area (Å²) in [5, 5.41) is 3.66. The summed E-state index contributed by atoms with van der Waals surface area (Å²) < 4.78 is 5.37. The average Bonchev–Trinajstić information content (AvgIpc) is 2.91. The number of methoxy groups -OCH3 is 1. The van der Waals surface area contributed by atoms with Gasteiger partial charge in [-0.05, 0) is 67.8 Å². The first kappa shape index (κ1) is 11.1. The second-order valence-corrected chi connectivity index (χ2v) is 5.27. The zero-order valence-corrected chi connectivity index (χ0v) is 10.5. The SMILES string of the molecule is COc1ccc2c(c1)C(C1CCCN1)CCC2. The molecule has 0 radical (unpaired) electrons. The molecule has 1 aromatic rings. The maximum Gasteiger partial charge on any atom is 0.119 e. The minimum atomic E-state index is 0.696. The molecule has 2 unspecified atom stereocenters. The Bertz CT molecular complexity index is 396. The fourth-order valence-corrected chi connectivity index (χ4v) is 3.41. The Morgan fingerprint density at radius 2 is 2.18 bits per heavy atom. The fourth-order valence-electron chi connectivity index (χ4n) is 3.41. The molecule has 0 amide bonds. The van der Waals surface area contributed by atoms with E-state index in [1.54, 1.807) is 7.11 Å². The Balaban J connectivity index is 1.93. The molecule has 1 N–H and O–H groups in total. The molecule has 1 aliphatic heterocycles. The Hall–Kier alpha value is -1.02. The van der Waals surface area contributed by atoms with Crippen molar-refractivity contribution in [3.05, 3.63) is 29.3 Å². The van der Waals surface area contributed by atoms with Gasteiger partial charge in [0.1, 0.15) is 5.75 Å². The number of hydrogen-bond donors (Lipinski definition) is 1. The van der Waals surface area contributed by atoms with E-state index < -0.39 is 0 Å². The van der Waals surface area contributed by atoms with E-state index in [0.29, 0.717) is 12.0 Å². The minimum Gasteiger partial charge on any atom is -0.497 e. The van der Waals surface area contributed by atoms with E-state index in [2.05, 4.69) is 23.5 Å². The lowest BCUT2D eigenvalue weighted by molar-refractivity contribution is 0.405. The summed E-state index contributed by atoms with van der Waals surface area (Å²) in [6.45, 7) is 1.19. The summed E-state index contributed by atoms with van der Waals surface area (Å²) >= 11 is 0. The number of fused-ring (bicyclic) bond motifs is 1. The highest BCUT2D eigenvalue weighted by Crippen LogP contribution is 2.38. The van der Waals surface area contributed by atoms with Gasteiger partial charge in [-0.15, -0.1) is 0 Å². The normalized spacial score (nSPS) is 27.8. The summed E-state index contributed by atoms with van der Waals surface area (Å²) in [5.74, 6) is 1.71. The first-order valence-electron chi connectivity index (χ1n) is 6.78. The molecule has 2 aliphatic rings. The highest BCUT2D eigenvalue weighted by atomic mass is 16.5. The standard InChI is InChI=1S/C15H21NO/c1-17-12-8-7-11-4-2-5-13(14(11)10-12)15-6-3-9-16-15/h7-8,10,13,15-16H,2-6,9H2,1H3. The van der Waals surface area contributed by atoms with Crippen LogP contribution in [0.15, 0.2) is 18.2 Å². The highest BCUT2D eigenvalue weighted by molar-refractivity contribution is 5.40. The van der Waals surface area contributed by atoms with Gasteiger partial charge in [-0.25, -0.2) is 0 Å². The van der Waals surface area contributed by atoms with Crippen molar-refractivity contribution in [3.8, 4) is 5.75 Å². The zero-order chi connectivity index (χ0) is 11.7. The maximum atomic E-state index is 5.37. The summed E-state index contributed by atoms with van der Waals surface area (Å²) in [6.07, 6.45) is 6.57. The van der Waals surface area contributed by atoms with Crippen LogP contribution in [-0.2, 0) is 6.42 Å². The number of nitrogens with one attached hydrogen (secondary N) is 1. The smallest absolute Gasteiger partial charge is 0.119 e. The van der Waals surface area contributed by atoms with E-state index in [-0.39, 0.29) is 0 Å². The molecule has 0 bridgehead atoms. The van der Waals surface area contributed by atoms with E-state index in [1.807, 2.05) is 0 Å². The molecule has 2 atom stereocenters. The number of benzene rings is 1. The fraction of sp³-hybridized carbons (Fsp3) is 0.600. The van der Waals surface area contributed by atoms with Crippen molar-refractivity contribution < 1.29 is 4.74 Å². The average molecular weight is 231 g/mol. The van der Waals surface area contributed by atoms with Crippen molar-refractivity contribution >= 4 is 0 Å². The molecular weight excluding hydrogens is 210 g/mol. The van der Waals surface area contributed by atoms with Crippen LogP contribution in [0.3, 0.4) is 0 Å². The molecular formula is C15H21NO. The van der Waals surface area contributed by atoms with Gasteiger partial charge in [0.25, 0.3) is 0 Å². The largest absolute Gasteiger partial charge is 0.497 e. The zero-order valence-electron chi connectivity index (χ0n) is 10.5. The molecule has 0 aromatic heterocycles. The molecule has 92 valence electrons. The third-order valence-electron chi connectivity index (χ3n) is 4.30. The number of hydrogen-bond acceptors (Lipinski definition) is 2. The molecule has 0 saturated carbocycles. The molecule has 2 nitrogen and oxygen atoms in total. The van der Waals surface area contributed by atoms with Crippen molar-refractivity contribution in [3.63, 3.8) is 0 Å². The van der Waals surface area contributed by atoms with Gasteiger partial charge in [-0.3, -0.25) is 0 Å². The van der Waals surface area contributed by atoms with E-state index >= 15 is 0 Å². The van der Waals surface area contributed by atoms with Crippen LogP contribution in [-0.4, -0.2) is 19.7 Å². The molecule has 1 aliphatic carbocycles. The van der Waals surface area contributed by atoms with Gasteiger partial charge < -0.3 is 10.1 Å². The van der Waals surface area contributed by atoms with E-state index in [1.165, 1.54) is 49.8 Å². The van der Waals surface area contributed by atoms with Gasteiger partial charge in [-0.2, -0.15) is 0 Å². The van der Waals surface area contributed by atoms with Gasteiger partial charge in [0.05, 0.1) is 7.11 Å². The summed E-state index contributed by atoms with van der Waals surface area (Å²) in [7, 11) is 1.76. The minimum absolute atomic E-state index is 0.696. The van der Waals surface area contributed by atoms with E-state index in [0.717, 1.165) is 5.75 Å².